The number of amides is 1. The summed E-state index contributed by atoms with van der Waals surface area (Å²) in [6, 6.07) is 14.4. The molecule has 7 heteroatoms. The average molecular weight is 343 g/mol. The third-order valence-corrected chi connectivity index (χ3v) is 3.62. The van der Waals surface area contributed by atoms with E-state index >= 15 is 0 Å². The Labute approximate surface area is 144 Å². The normalized spacial score (nSPS) is 10.4. The summed E-state index contributed by atoms with van der Waals surface area (Å²) >= 11 is 5.99. The smallest absolute Gasteiger partial charge is 0.262 e. The lowest BCUT2D eigenvalue weighted by Crippen LogP contribution is -2.20. The minimum absolute atomic E-state index is 0.127. The molecule has 6 nitrogen and oxygen atoms in total. The number of halogens is 1. The molecule has 3 rings (SSSR count). The van der Waals surface area contributed by atoms with Gasteiger partial charge in [0.2, 0.25) is 0 Å². The van der Waals surface area contributed by atoms with E-state index in [0.717, 1.165) is 11.4 Å². The van der Waals surface area contributed by atoms with Crippen LogP contribution in [-0.2, 0) is 11.8 Å². The molecule has 0 saturated heterocycles. The second-order valence-electron chi connectivity index (χ2n) is 5.11. The Balaban J connectivity index is 1.65. The van der Waals surface area contributed by atoms with E-state index in [4.69, 9.17) is 16.3 Å². The van der Waals surface area contributed by atoms with E-state index in [1.807, 2.05) is 25.2 Å². The van der Waals surface area contributed by atoms with E-state index in [0.29, 0.717) is 16.5 Å². The maximum atomic E-state index is 12.0. The van der Waals surface area contributed by atoms with Crippen molar-refractivity contribution < 1.29 is 9.53 Å². The topological polar surface area (TPSA) is 69.0 Å². The molecule has 0 bridgehead atoms. The van der Waals surface area contributed by atoms with E-state index in [9.17, 15) is 4.79 Å². The van der Waals surface area contributed by atoms with Crippen LogP contribution in [-0.4, -0.2) is 27.3 Å². The molecule has 0 fully saturated rings. The number of aryl methyl sites for hydroxylation is 1. The Kier molecular flexibility index (Phi) is 4.77. The fourth-order valence-corrected chi connectivity index (χ4v) is 2.37. The molecule has 0 aliphatic carbocycles. The lowest BCUT2D eigenvalue weighted by molar-refractivity contribution is -0.118. The maximum absolute atomic E-state index is 12.0. The zero-order valence-corrected chi connectivity index (χ0v) is 13.7. The van der Waals surface area contributed by atoms with E-state index in [2.05, 4.69) is 15.5 Å². The highest BCUT2D eigenvalue weighted by Crippen LogP contribution is 2.23. The molecule has 0 saturated carbocycles. The molecule has 1 amide bonds. The van der Waals surface area contributed by atoms with Gasteiger partial charge in [-0.1, -0.05) is 35.9 Å². The molecular formula is C17H15ClN4O2. The van der Waals surface area contributed by atoms with Crippen LogP contribution < -0.4 is 10.1 Å². The summed E-state index contributed by atoms with van der Waals surface area (Å²) in [5.41, 5.74) is 1.52. The van der Waals surface area contributed by atoms with Crippen molar-refractivity contribution in [1.82, 2.24) is 14.8 Å². The number of aromatic nitrogens is 3. The van der Waals surface area contributed by atoms with Crippen LogP contribution in [0.4, 0.5) is 5.69 Å². The van der Waals surface area contributed by atoms with Gasteiger partial charge in [0.15, 0.2) is 12.4 Å². The molecule has 3 aromatic rings. The van der Waals surface area contributed by atoms with Crippen LogP contribution in [0.2, 0.25) is 5.02 Å². The predicted molar refractivity (Wildman–Crippen MR) is 92.0 cm³/mol. The van der Waals surface area contributed by atoms with Gasteiger partial charge in [-0.25, -0.2) is 0 Å². The lowest BCUT2D eigenvalue weighted by atomic mass is 10.2. The number of benzene rings is 2. The summed E-state index contributed by atoms with van der Waals surface area (Å²) in [5.74, 6) is 0.922. The van der Waals surface area contributed by atoms with Crippen molar-refractivity contribution in [2.75, 3.05) is 11.9 Å². The standard InChI is InChI=1S/C17H15ClN4O2/c1-22-11-19-21-17(22)12-5-4-6-13(9-12)20-16(23)10-24-15-8-3-2-7-14(15)18/h2-9,11H,10H2,1H3,(H,20,23). The highest BCUT2D eigenvalue weighted by Gasteiger charge is 2.08. The monoisotopic (exact) mass is 342 g/mol. The first-order valence-corrected chi connectivity index (χ1v) is 7.63. The highest BCUT2D eigenvalue weighted by atomic mass is 35.5. The number of hydrogen-bond acceptors (Lipinski definition) is 4. The molecule has 24 heavy (non-hydrogen) atoms. The zero-order valence-electron chi connectivity index (χ0n) is 12.9. The number of nitrogens with zero attached hydrogens (tertiary/aromatic N) is 3. The van der Waals surface area contributed by atoms with Gasteiger partial charge >= 0.3 is 0 Å². The Hall–Kier alpha value is -2.86. The lowest BCUT2D eigenvalue weighted by Gasteiger charge is -2.09. The summed E-state index contributed by atoms with van der Waals surface area (Å²) < 4.78 is 7.23. The van der Waals surface area contributed by atoms with Gasteiger partial charge in [0.25, 0.3) is 5.91 Å². The predicted octanol–water partition coefficient (Wildman–Crippen LogP) is 3.15. The molecule has 122 valence electrons. The van der Waals surface area contributed by atoms with Gasteiger partial charge in [-0.3, -0.25) is 4.79 Å². The zero-order chi connectivity index (χ0) is 16.9. The van der Waals surface area contributed by atoms with Crippen LogP contribution >= 0.6 is 11.6 Å². The SMILES string of the molecule is Cn1cnnc1-c1cccc(NC(=O)COc2ccccc2Cl)c1. The van der Waals surface area contributed by atoms with Crippen molar-refractivity contribution in [3.63, 3.8) is 0 Å². The number of rotatable bonds is 5. The second kappa shape index (κ2) is 7.14. The van der Waals surface area contributed by atoms with Gasteiger partial charge in [-0.15, -0.1) is 10.2 Å². The molecule has 0 spiro atoms. The quantitative estimate of drug-likeness (QED) is 0.773. The van der Waals surface area contributed by atoms with E-state index in [1.165, 1.54) is 0 Å². The number of carbonyl (C=O) groups excluding carboxylic acids is 1. The van der Waals surface area contributed by atoms with Crippen molar-refractivity contribution in [3.05, 3.63) is 59.9 Å². The largest absolute Gasteiger partial charge is 0.482 e. The van der Waals surface area contributed by atoms with Crippen LogP contribution in [0.3, 0.4) is 0 Å². The second-order valence-corrected chi connectivity index (χ2v) is 5.52. The summed E-state index contributed by atoms with van der Waals surface area (Å²) in [6.45, 7) is -0.127. The Morgan fingerprint density at radius 2 is 2.08 bits per heavy atom. The Bertz CT molecular complexity index is 863. The summed E-state index contributed by atoms with van der Waals surface area (Å²) in [6.07, 6.45) is 1.62. The van der Waals surface area contributed by atoms with Crippen molar-refractivity contribution in [2.24, 2.45) is 7.05 Å². The average Bonchev–Trinajstić information content (AvgIpc) is 3.00. The van der Waals surface area contributed by atoms with Crippen molar-refractivity contribution in [3.8, 4) is 17.1 Å². The van der Waals surface area contributed by atoms with Gasteiger partial charge in [-0.2, -0.15) is 0 Å². The third-order valence-electron chi connectivity index (χ3n) is 3.31. The van der Waals surface area contributed by atoms with Crippen LogP contribution in [0.15, 0.2) is 54.9 Å². The maximum Gasteiger partial charge on any atom is 0.262 e. The molecule has 1 aromatic heterocycles. The number of nitrogens with one attached hydrogen (secondary N) is 1. The first-order valence-electron chi connectivity index (χ1n) is 7.25. The van der Waals surface area contributed by atoms with E-state index < -0.39 is 0 Å². The van der Waals surface area contributed by atoms with Crippen molar-refractivity contribution in [1.29, 1.82) is 0 Å². The van der Waals surface area contributed by atoms with Crippen molar-refractivity contribution in [2.45, 2.75) is 0 Å². The molecule has 0 atom stereocenters. The number of para-hydroxylation sites is 1. The molecule has 1 heterocycles. The summed E-state index contributed by atoms with van der Waals surface area (Å²) in [7, 11) is 1.86. The Morgan fingerprint density at radius 1 is 1.25 bits per heavy atom. The minimum Gasteiger partial charge on any atom is -0.482 e. The van der Waals surface area contributed by atoms with Crippen LogP contribution in [0.25, 0.3) is 11.4 Å². The summed E-state index contributed by atoms with van der Waals surface area (Å²) in [5, 5.41) is 11.2. The molecule has 1 N–H and O–H groups in total. The molecule has 2 aromatic carbocycles. The van der Waals surface area contributed by atoms with Crippen molar-refractivity contribution >= 4 is 23.2 Å². The molecule has 0 unspecified atom stereocenters. The fraction of sp³-hybridized carbons (Fsp3) is 0.118. The molecule has 0 radical (unpaired) electrons. The minimum atomic E-state index is -0.273. The number of hydrogen-bond donors (Lipinski definition) is 1. The number of ether oxygens (including phenoxy) is 1. The number of anilines is 1. The van der Waals surface area contributed by atoms with Gasteiger partial charge < -0.3 is 14.6 Å². The molecule has 0 aliphatic heterocycles. The first kappa shape index (κ1) is 16.0. The fourth-order valence-electron chi connectivity index (χ4n) is 2.18. The van der Waals surface area contributed by atoms with Gasteiger partial charge in [0.05, 0.1) is 5.02 Å². The van der Waals surface area contributed by atoms with Crippen LogP contribution in [0, 0.1) is 0 Å². The third kappa shape index (κ3) is 3.72. The van der Waals surface area contributed by atoms with E-state index in [1.54, 1.807) is 41.2 Å². The Morgan fingerprint density at radius 3 is 2.83 bits per heavy atom. The van der Waals surface area contributed by atoms with Gasteiger partial charge in [0, 0.05) is 18.3 Å². The van der Waals surface area contributed by atoms with E-state index in [-0.39, 0.29) is 12.5 Å². The molecular weight excluding hydrogens is 328 g/mol. The molecule has 0 aliphatic rings. The van der Waals surface area contributed by atoms with Crippen LogP contribution in [0.1, 0.15) is 0 Å². The summed E-state index contributed by atoms with van der Waals surface area (Å²) in [4.78, 5) is 12.0. The van der Waals surface area contributed by atoms with Gasteiger partial charge in [0.1, 0.15) is 12.1 Å². The van der Waals surface area contributed by atoms with Crippen LogP contribution in [0.5, 0.6) is 5.75 Å². The van der Waals surface area contributed by atoms with Gasteiger partial charge in [-0.05, 0) is 24.3 Å². The first-order chi connectivity index (χ1) is 11.6. The highest BCUT2D eigenvalue weighted by molar-refractivity contribution is 6.32. The number of carbonyl (C=O) groups is 1.